The molecule has 50 heavy (non-hydrogen) atoms. The molecule has 2 nitrogen and oxygen atoms in total. The van der Waals surface area contributed by atoms with Gasteiger partial charge in [0, 0.05) is 26.9 Å². The molecule has 0 N–H and O–H groups in total. The van der Waals surface area contributed by atoms with Crippen LogP contribution in [-0.2, 0) is 0 Å². The average molecular weight is 637 g/mol. The molecule has 0 fully saturated rings. The molecular formula is C48H28O2. The van der Waals surface area contributed by atoms with Crippen molar-refractivity contribution in [1.82, 2.24) is 0 Å². The average Bonchev–Trinajstić information content (AvgIpc) is 3.76. The summed E-state index contributed by atoms with van der Waals surface area (Å²) in [5.41, 5.74) is 10.7. The second-order valence-corrected chi connectivity index (χ2v) is 13.1. The number of hydrogen-bond acceptors (Lipinski definition) is 2. The normalized spacial score (nSPS) is 12.0. The van der Waals surface area contributed by atoms with E-state index in [9.17, 15) is 0 Å². The number of benzene rings is 9. The molecule has 11 rings (SSSR count). The molecule has 0 aliphatic heterocycles. The van der Waals surface area contributed by atoms with E-state index in [0.29, 0.717) is 0 Å². The summed E-state index contributed by atoms with van der Waals surface area (Å²) in [4.78, 5) is 0. The highest BCUT2D eigenvalue weighted by Crippen LogP contribution is 2.49. The van der Waals surface area contributed by atoms with Crippen LogP contribution in [0.5, 0.6) is 0 Å². The lowest BCUT2D eigenvalue weighted by Crippen LogP contribution is -1.91. The van der Waals surface area contributed by atoms with Gasteiger partial charge in [0.1, 0.15) is 22.3 Å². The van der Waals surface area contributed by atoms with Crippen LogP contribution in [0.4, 0.5) is 0 Å². The van der Waals surface area contributed by atoms with Crippen LogP contribution in [0.25, 0.3) is 110 Å². The highest BCUT2D eigenvalue weighted by molar-refractivity contribution is 6.29. The van der Waals surface area contributed by atoms with Crippen molar-refractivity contribution in [2.75, 3.05) is 0 Å². The number of furan rings is 2. The summed E-state index contributed by atoms with van der Waals surface area (Å²) in [6.07, 6.45) is 0. The van der Waals surface area contributed by atoms with E-state index < -0.39 is 0 Å². The molecule has 11 aromatic rings. The molecule has 0 unspecified atom stereocenters. The van der Waals surface area contributed by atoms with Crippen molar-refractivity contribution >= 4 is 76.2 Å². The Balaban J connectivity index is 1.23. The first kappa shape index (κ1) is 27.3. The van der Waals surface area contributed by atoms with Gasteiger partial charge >= 0.3 is 0 Å². The third-order valence-electron chi connectivity index (χ3n) is 10.5. The highest BCUT2D eigenvalue weighted by atomic mass is 16.3. The maximum absolute atomic E-state index is 6.65. The molecule has 2 heteroatoms. The van der Waals surface area contributed by atoms with E-state index in [4.69, 9.17) is 8.83 Å². The molecule has 0 spiro atoms. The molecular weight excluding hydrogens is 609 g/mol. The van der Waals surface area contributed by atoms with E-state index >= 15 is 0 Å². The molecule has 0 bridgehead atoms. The van der Waals surface area contributed by atoms with E-state index in [1.165, 1.54) is 54.7 Å². The van der Waals surface area contributed by atoms with Gasteiger partial charge in [-0.3, -0.25) is 0 Å². The first-order valence-corrected chi connectivity index (χ1v) is 17.1. The standard InChI is InChI=1S/C48H28O2/c1-2-12-29(13-3-1)31-25-26-37-43(28-31)49-41-22-10-20-38(46(37)41)44-33-16-6-8-18-35(33)45(36-19-9-7-17-34(36)44)39-21-11-23-42-47(39)40-27-24-30-14-4-5-15-32(30)48(40)50-42/h1-28H. The van der Waals surface area contributed by atoms with Crippen molar-refractivity contribution in [2.45, 2.75) is 0 Å². The van der Waals surface area contributed by atoms with Crippen molar-refractivity contribution in [1.29, 1.82) is 0 Å². The second-order valence-electron chi connectivity index (χ2n) is 13.1. The minimum Gasteiger partial charge on any atom is -0.456 e. The van der Waals surface area contributed by atoms with Crippen LogP contribution >= 0.6 is 0 Å². The Bertz CT molecular complexity index is 3080. The van der Waals surface area contributed by atoms with Crippen LogP contribution in [-0.4, -0.2) is 0 Å². The van der Waals surface area contributed by atoms with E-state index in [0.717, 1.165) is 54.8 Å². The fraction of sp³-hybridized carbons (Fsp3) is 0. The van der Waals surface area contributed by atoms with E-state index in [1.54, 1.807) is 0 Å². The predicted molar refractivity (Wildman–Crippen MR) is 210 cm³/mol. The Morgan fingerprint density at radius 3 is 1.50 bits per heavy atom. The molecule has 232 valence electrons. The van der Waals surface area contributed by atoms with Gasteiger partial charge in [0.05, 0.1) is 0 Å². The Morgan fingerprint density at radius 1 is 0.300 bits per heavy atom. The van der Waals surface area contributed by atoms with Crippen molar-refractivity contribution < 1.29 is 8.83 Å². The van der Waals surface area contributed by atoms with Crippen molar-refractivity contribution in [3.05, 3.63) is 170 Å². The van der Waals surface area contributed by atoms with Crippen molar-refractivity contribution in [3.8, 4) is 33.4 Å². The van der Waals surface area contributed by atoms with E-state index in [-0.39, 0.29) is 0 Å². The van der Waals surface area contributed by atoms with Gasteiger partial charge in [0.25, 0.3) is 0 Å². The molecule has 0 amide bonds. The Labute approximate surface area is 287 Å². The van der Waals surface area contributed by atoms with Crippen LogP contribution in [0.1, 0.15) is 0 Å². The predicted octanol–water partition coefficient (Wildman–Crippen LogP) is 13.9. The molecule has 0 aliphatic rings. The smallest absolute Gasteiger partial charge is 0.143 e. The van der Waals surface area contributed by atoms with Gasteiger partial charge in [0.15, 0.2) is 0 Å². The van der Waals surface area contributed by atoms with Gasteiger partial charge in [-0.25, -0.2) is 0 Å². The minimum absolute atomic E-state index is 0.891. The monoisotopic (exact) mass is 636 g/mol. The van der Waals surface area contributed by atoms with Gasteiger partial charge < -0.3 is 8.83 Å². The quantitative estimate of drug-likeness (QED) is 0.180. The van der Waals surface area contributed by atoms with Crippen LogP contribution < -0.4 is 0 Å². The zero-order chi connectivity index (χ0) is 32.8. The van der Waals surface area contributed by atoms with Gasteiger partial charge in [-0.15, -0.1) is 0 Å². The molecule has 2 aromatic heterocycles. The lowest BCUT2D eigenvalue weighted by molar-refractivity contribution is 0.669. The van der Waals surface area contributed by atoms with Crippen molar-refractivity contribution in [3.63, 3.8) is 0 Å². The number of rotatable bonds is 3. The lowest BCUT2D eigenvalue weighted by atomic mass is 9.84. The second kappa shape index (κ2) is 10.4. The Hall–Kier alpha value is -6.64. The Kier molecular flexibility index (Phi) is 5.70. The maximum Gasteiger partial charge on any atom is 0.143 e. The maximum atomic E-state index is 6.65. The van der Waals surface area contributed by atoms with Gasteiger partial charge in [-0.2, -0.15) is 0 Å². The zero-order valence-corrected chi connectivity index (χ0v) is 27.0. The summed E-state index contributed by atoms with van der Waals surface area (Å²) in [7, 11) is 0. The summed E-state index contributed by atoms with van der Waals surface area (Å²) in [6, 6.07) is 60.7. The zero-order valence-electron chi connectivity index (χ0n) is 27.0. The summed E-state index contributed by atoms with van der Waals surface area (Å²) in [5, 5.41) is 11.7. The number of fused-ring (bicyclic) bond motifs is 10. The molecule has 9 aromatic carbocycles. The first-order valence-electron chi connectivity index (χ1n) is 17.1. The van der Waals surface area contributed by atoms with Crippen LogP contribution in [0.15, 0.2) is 179 Å². The molecule has 0 atom stereocenters. The van der Waals surface area contributed by atoms with Crippen LogP contribution in [0.3, 0.4) is 0 Å². The summed E-state index contributed by atoms with van der Waals surface area (Å²) < 4.78 is 13.2. The summed E-state index contributed by atoms with van der Waals surface area (Å²) >= 11 is 0. The molecule has 0 radical (unpaired) electrons. The third kappa shape index (κ3) is 3.85. The van der Waals surface area contributed by atoms with Gasteiger partial charge in [0.2, 0.25) is 0 Å². The molecule has 2 heterocycles. The first-order chi connectivity index (χ1) is 24.8. The fourth-order valence-corrected chi connectivity index (χ4v) is 8.32. The van der Waals surface area contributed by atoms with Crippen LogP contribution in [0, 0.1) is 0 Å². The molecule has 0 aliphatic carbocycles. The largest absolute Gasteiger partial charge is 0.456 e. The fourth-order valence-electron chi connectivity index (χ4n) is 8.32. The summed E-state index contributed by atoms with van der Waals surface area (Å²) in [6.45, 7) is 0. The van der Waals surface area contributed by atoms with Crippen molar-refractivity contribution in [2.24, 2.45) is 0 Å². The Morgan fingerprint density at radius 2 is 0.840 bits per heavy atom. The summed E-state index contributed by atoms with van der Waals surface area (Å²) in [5.74, 6) is 0. The van der Waals surface area contributed by atoms with Gasteiger partial charge in [-0.1, -0.05) is 140 Å². The topological polar surface area (TPSA) is 26.3 Å². The van der Waals surface area contributed by atoms with Gasteiger partial charge in [-0.05, 0) is 90.6 Å². The van der Waals surface area contributed by atoms with E-state index in [2.05, 4.69) is 170 Å². The molecule has 0 saturated heterocycles. The van der Waals surface area contributed by atoms with E-state index in [1.807, 2.05) is 0 Å². The van der Waals surface area contributed by atoms with Crippen LogP contribution in [0.2, 0.25) is 0 Å². The number of hydrogen-bond donors (Lipinski definition) is 0. The SMILES string of the molecule is c1ccc(-c2ccc3c(c2)oc2cccc(-c4c5ccccc5c(-c5cccc6oc7c8ccccc8ccc7c56)c5ccccc45)c23)cc1. The lowest BCUT2D eigenvalue weighted by Gasteiger charge is -2.18. The minimum atomic E-state index is 0.891. The third-order valence-corrected chi connectivity index (χ3v) is 10.5. The highest BCUT2D eigenvalue weighted by Gasteiger charge is 2.23. The molecule has 0 saturated carbocycles.